The minimum absolute atomic E-state index is 0.160. The molecule has 0 saturated carbocycles. The number of aromatic nitrogens is 1. The van der Waals surface area contributed by atoms with Crippen LogP contribution in [0.3, 0.4) is 0 Å². The van der Waals surface area contributed by atoms with Gasteiger partial charge in [0.2, 0.25) is 11.8 Å². The molecule has 3 aliphatic rings. The first kappa shape index (κ1) is 23.6. The molecule has 3 aliphatic heterocycles. The molecular formula is C30H32N4O3. The third-order valence-corrected chi connectivity index (χ3v) is 7.93. The fourth-order valence-electron chi connectivity index (χ4n) is 5.90. The van der Waals surface area contributed by atoms with Crippen LogP contribution in [0.2, 0.25) is 0 Å². The number of hydrogen-bond acceptors (Lipinski definition) is 6. The fourth-order valence-corrected chi connectivity index (χ4v) is 5.90. The molecule has 3 aromatic rings. The number of nitrogens with zero attached hydrogens (tertiary/aromatic N) is 3. The predicted molar refractivity (Wildman–Crippen MR) is 144 cm³/mol. The first-order valence-electron chi connectivity index (χ1n) is 13.0. The van der Waals surface area contributed by atoms with E-state index in [4.69, 9.17) is 9.47 Å². The molecule has 0 radical (unpaired) electrons. The number of benzene rings is 2. The van der Waals surface area contributed by atoms with Gasteiger partial charge in [-0.3, -0.25) is 4.79 Å². The molecule has 4 heterocycles. The Morgan fingerprint density at radius 2 is 1.92 bits per heavy atom. The highest BCUT2D eigenvalue weighted by molar-refractivity contribution is 5.93. The number of methoxy groups -OCH3 is 1. The highest BCUT2D eigenvalue weighted by Gasteiger charge is 2.50. The van der Waals surface area contributed by atoms with Crippen molar-refractivity contribution in [3.8, 4) is 17.4 Å². The van der Waals surface area contributed by atoms with Gasteiger partial charge < -0.3 is 24.6 Å². The van der Waals surface area contributed by atoms with Crippen molar-refractivity contribution in [1.82, 2.24) is 15.2 Å². The minimum Gasteiger partial charge on any atom is -0.496 e. The number of allylic oxidation sites excluding steroid dienone is 1. The van der Waals surface area contributed by atoms with E-state index >= 15 is 0 Å². The molecule has 2 aromatic carbocycles. The van der Waals surface area contributed by atoms with Crippen LogP contribution in [0, 0.1) is 0 Å². The first-order valence-corrected chi connectivity index (χ1v) is 13.0. The van der Waals surface area contributed by atoms with Crippen LogP contribution in [0.4, 0.5) is 5.69 Å². The molecule has 0 atom stereocenters. The lowest BCUT2D eigenvalue weighted by atomic mass is 9.85. The van der Waals surface area contributed by atoms with Crippen molar-refractivity contribution in [1.29, 1.82) is 0 Å². The van der Waals surface area contributed by atoms with E-state index < -0.39 is 5.54 Å². The molecule has 2 saturated heterocycles. The number of amides is 1. The number of hydrogen-bond donors (Lipinski definition) is 1. The van der Waals surface area contributed by atoms with Gasteiger partial charge in [0.25, 0.3) is 0 Å². The van der Waals surface area contributed by atoms with E-state index in [1.54, 1.807) is 13.3 Å². The van der Waals surface area contributed by atoms with Crippen LogP contribution in [0.1, 0.15) is 30.4 Å². The zero-order chi connectivity index (χ0) is 25.2. The summed E-state index contributed by atoms with van der Waals surface area (Å²) in [6, 6.07) is 20.2. The number of pyridine rings is 1. The molecule has 1 amide bonds. The molecule has 2 fully saturated rings. The smallest absolute Gasteiger partial charge is 0.247 e. The number of para-hydroxylation sites is 1. The van der Waals surface area contributed by atoms with Crippen LogP contribution in [-0.2, 0) is 11.2 Å². The average Bonchev–Trinajstić information content (AvgIpc) is 3.15. The largest absolute Gasteiger partial charge is 0.496 e. The SMILES string of the molecule is COc1cccc2c1CC(=CCCN1CCC3(CC1)C(=O)NCN3c1ccccc1)c1cccnc1O2. The number of fused-ring (bicyclic) bond motifs is 2. The molecule has 1 spiro atoms. The predicted octanol–water partition coefficient (Wildman–Crippen LogP) is 4.64. The molecule has 1 aromatic heterocycles. The van der Waals surface area contributed by atoms with Crippen molar-refractivity contribution in [2.75, 3.05) is 38.3 Å². The number of anilines is 1. The third-order valence-electron chi connectivity index (χ3n) is 7.93. The quantitative estimate of drug-likeness (QED) is 0.555. The zero-order valence-electron chi connectivity index (χ0n) is 21.2. The van der Waals surface area contributed by atoms with Gasteiger partial charge in [-0.1, -0.05) is 30.3 Å². The number of rotatable bonds is 5. The van der Waals surface area contributed by atoms with Crippen molar-refractivity contribution < 1.29 is 14.3 Å². The molecule has 1 N–H and O–H groups in total. The minimum atomic E-state index is -0.445. The summed E-state index contributed by atoms with van der Waals surface area (Å²) >= 11 is 0. The first-order chi connectivity index (χ1) is 18.2. The topological polar surface area (TPSA) is 66.9 Å². The maximum absolute atomic E-state index is 13.0. The van der Waals surface area contributed by atoms with Crippen molar-refractivity contribution in [2.24, 2.45) is 0 Å². The van der Waals surface area contributed by atoms with Gasteiger partial charge in [0, 0.05) is 49.1 Å². The van der Waals surface area contributed by atoms with E-state index in [0.29, 0.717) is 12.5 Å². The second kappa shape index (κ2) is 9.90. The van der Waals surface area contributed by atoms with Crippen LogP contribution in [-0.4, -0.2) is 54.7 Å². The fraction of sp³-hybridized carbons (Fsp3) is 0.333. The van der Waals surface area contributed by atoms with Crippen LogP contribution >= 0.6 is 0 Å². The third kappa shape index (κ3) is 4.33. The number of likely N-dealkylation sites (tertiary alicyclic amines) is 1. The van der Waals surface area contributed by atoms with Gasteiger partial charge in [-0.15, -0.1) is 0 Å². The van der Waals surface area contributed by atoms with E-state index in [0.717, 1.165) is 73.6 Å². The van der Waals surface area contributed by atoms with E-state index in [-0.39, 0.29) is 5.91 Å². The Hall–Kier alpha value is -3.84. The number of ether oxygens (including phenoxy) is 2. The Morgan fingerprint density at radius 3 is 2.73 bits per heavy atom. The van der Waals surface area contributed by atoms with Crippen molar-refractivity contribution in [2.45, 2.75) is 31.2 Å². The van der Waals surface area contributed by atoms with Crippen molar-refractivity contribution in [3.63, 3.8) is 0 Å². The number of nitrogens with one attached hydrogen (secondary N) is 1. The highest BCUT2D eigenvalue weighted by atomic mass is 16.5. The van der Waals surface area contributed by atoms with Gasteiger partial charge in [-0.25, -0.2) is 4.98 Å². The van der Waals surface area contributed by atoms with Crippen molar-refractivity contribution in [3.05, 3.63) is 84.1 Å². The van der Waals surface area contributed by atoms with Crippen molar-refractivity contribution >= 4 is 17.2 Å². The lowest BCUT2D eigenvalue weighted by Gasteiger charge is -2.43. The van der Waals surface area contributed by atoms with Gasteiger partial charge in [-0.2, -0.15) is 0 Å². The summed E-state index contributed by atoms with van der Waals surface area (Å²) in [5, 5.41) is 3.09. The van der Waals surface area contributed by atoms with Gasteiger partial charge in [0.05, 0.1) is 13.8 Å². The Labute approximate surface area is 217 Å². The summed E-state index contributed by atoms with van der Waals surface area (Å²) in [5.41, 5.74) is 3.93. The molecule has 6 rings (SSSR count). The number of piperidine rings is 1. The molecular weight excluding hydrogens is 464 g/mol. The molecule has 37 heavy (non-hydrogen) atoms. The Balaban J connectivity index is 1.16. The number of carbonyl (C=O) groups excluding carboxylic acids is 1. The number of carbonyl (C=O) groups is 1. The Bertz CT molecular complexity index is 1320. The van der Waals surface area contributed by atoms with Crippen LogP contribution in [0.5, 0.6) is 17.4 Å². The summed E-state index contributed by atoms with van der Waals surface area (Å²) in [5.74, 6) is 2.42. The molecule has 7 heteroatoms. The van der Waals surface area contributed by atoms with E-state index in [9.17, 15) is 4.79 Å². The standard InChI is InChI=1S/C30H32N4O3/c1-36-26-12-5-13-27-25(26)20-22(24-11-6-16-31-28(24)37-27)8-7-17-33-18-14-30(15-19-33)29(35)32-21-34(30)23-9-3-2-4-10-23/h2-6,8-13,16H,7,14-15,17-21H2,1H3,(H,32,35). The maximum atomic E-state index is 13.0. The van der Waals surface area contributed by atoms with E-state index in [1.807, 2.05) is 42.5 Å². The van der Waals surface area contributed by atoms with E-state index in [1.165, 1.54) is 5.57 Å². The average molecular weight is 497 g/mol. The van der Waals surface area contributed by atoms with E-state index in [2.05, 4.69) is 44.4 Å². The van der Waals surface area contributed by atoms with Gasteiger partial charge in [-0.05, 0) is 61.2 Å². The molecule has 190 valence electrons. The molecule has 7 nitrogen and oxygen atoms in total. The second-order valence-corrected chi connectivity index (χ2v) is 9.89. The Morgan fingerprint density at radius 1 is 1.08 bits per heavy atom. The summed E-state index contributed by atoms with van der Waals surface area (Å²) in [7, 11) is 1.70. The second-order valence-electron chi connectivity index (χ2n) is 9.89. The van der Waals surface area contributed by atoms with Gasteiger partial charge >= 0.3 is 0 Å². The molecule has 0 unspecified atom stereocenters. The normalized spacial score (nSPS) is 19.6. The Kier molecular flexibility index (Phi) is 6.30. The summed E-state index contributed by atoms with van der Waals surface area (Å²) < 4.78 is 11.8. The molecule has 0 bridgehead atoms. The monoisotopic (exact) mass is 496 g/mol. The summed E-state index contributed by atoms with van der Waals surface area (Å²) in [4.78, 5) is 22.2. The maximum Gasteiger partial charge on any atom is 0.247 e. The van der Waals surface area contributed by atoms with Gasteiger partial charge in [0.1, 0.15) is 17.0 Å². The zero-order valence-corrected chi connectivity index (χ0v) is 21.2. The van der Waals surface area contributed by atoms with Crippen LogP contribution < -0.4 is 19.7 Å². The van der Waals surface area contributed by atoms with Gasteiger partial charge in [0.15, 0.2) is 0 Å². The summed E-state index contributed by atoms with van der Waals surface area (Å²) in [6.07, 6.45) is 7.38. The highest BCUT2D eigenvalue weighted by Crippen LogP contribution is 2.41. The lowest BCUT2D eigenvalue weighted by Crippen LogP contribution is -2.56. The lowest BCUT2D eigenvalue weighted by molar-refractivity contribution is -0.125. The van der Waals surface area contributed by atoms with Crippen LogP contribution in [0.25, 0.3) is 5.57 Å². The summed E-state index contributed by atoms with van der Waals surface area (Å²) in [6.45, 7) is 3.33. The van der Waals surface area contributed by atoms with Crippen LogP contribution in [0.15, 0.2) is 72.9 Å². The molecule has 0 aliphatic carbocycles.